The Morgan fingerprint density at radius 1 is 1.21 bits per heavy atom. The van der Waals surface area contributed by atoms with Crippen LogP contribution in [0.25, 0.3) is 0 Å². The molecule has 10 nitrogen and oxygen atoms in total. The number of amides is 3. The van der Waals surface area contributed by atoms with Crippen LogP contribution in [0.2, 0.25) is 0 Å². The zero-order valence-electron chi connectivity index (χ0n) is 19.5. The third-order valence-corrected chi connectivity index (χ3v) is 7.12. The highest BCUT2D eigenvalue weighted by atomic mass is 16.3. The lowest BCUT2D eigenvalue weighted by atomic mass is 9.87. The summed E-state index contributed by atoms with van der Waals surface area (Å²) in [6.07, 6.45) is 5.58. The summed E-state index contributed by atoms with van der Waals surface area (Å²) in [5.41, 5.74) is 1.69. The average molecular weight is 467 g/mol. The monoisotopic (exact) mass is 466 g/mol. The van der Waals surface area contributed by atoms with Gasteiger partial charge in [-0.25, -0.2) is 0 Å². The van der Waals surface area contributed by atoms with E-state index in [-0.39, 0.29) is 24.8 Å². The molecule has 0 aliphatic carbocycles. The highest BCUT2D eigenvalue weighted by Crippen LogP contribution is 2.34. The van der Waals surface area contributed by atoms with Gasteiger partial charge in [-0.15, -0.1) is 0 Å². The fraction of sp³-hybridized carbons (Fsp3) is 0.542. The Hall–Kier alpha value is -3.11. The third-order valence-electron chi connectivity index (χ3n) is 7.12. The van der Waals surface area contributed by atoms with E-state index >= 15 is 0 Å². The van der Waals surface area contributed by atoms with E-state index in [1.54, 1.807) is 12.1 Å². The van der Waals surface area contributed by atoms with E-state index in [1.807, 2.05) is 10.9 Å². The molecule has 10 heteroatoms. The van der Waals surface area contributed by atoms with E-state index in [2.05, 4.69) is 40.3 Å². The van der Waals surface area contributed by atoms with Gasteiger partial charge in [0.05, 0.1) is 29.7 Å². The second-order valence-electron chi connectivity index (χ2n) is 9.82. The molecule has 3 amide bonds. The Balaban J connectivity index is 1.25. The number of pyridine rings is 1. The number of carbonyl (C=O) groups is 3. The van der Waals surface area contributed by atoms with Crippen molar-refractivity contribution < 1.29 is 19.5 Å². The van der Waals surface area contributed by atoms with E-state index < -0.39 is 17.6 Å². The van der Waals surface area contributed by atoms with Gasteiger partial charge in [0, 0.05) is 43.9 Å². The van der Waals surface area contributed by atoms with E-state index in [4.69, 9.17) is 0 Å². The molecule has 3 aliphatic rings. The van der Waals surface area contributed by atoms with Gasteiger partial charge in [-0.3, -0.25) is 34.3 Å². The predicted octanol–water partition coefficient (Wildman–Crippen LogP) is 1.10. The van der Waals surface area contributed by atoms with Crippen molar-refractivity contribution in [3.8, 4) is 0 Å². The Kier molecular flexibility index (Phi) is 5.73. The van der Waals surface area contributed by atoms with Crippen LogP contribution in [0.3, 0.4) is 0 Å². The van der Waals surface area contributed by atoms with Crippen LogP contribution < -0.4 is 5.32 Å². The van der Waals surface area contributed by atoms with Crippen LogP contribution in [-0.2, 0) is 28.3 Å². The van der Waals surface area contributed by atoms with Gasteiger partial charge in [0.15, 0.2) is 0 Å². The SMILES string of the molecule is CC(C)n1cc(CN2CCC(O)(c3ccc4c(n3)CN(C3CCC(=O)NC3=O)C4=O)CC2)cn1. The zero-order valence-corrected chi connectivity index (χ0v) is 19.5. The first-order chi connectivity index (χ1) is 16.2. The van der Waals surface area contributed by atoms with E-state index in [9.17, 15) is 19.5 Å². The molecule has 0 saturated carbocycles. The minimum absolute atomic E-state index is 0.205. The van der Waals surface area contributed by atoms with Gasteiger partial charge in [-0.1, -0.05) is 0 Å². The second-order valence-corrected chi connectivity index (χ2v) is 9.82. The maximum absolute atomic E-state index is 12.9. The standard InChI is InChI=1S/C24H30N6O4/c1-15(2)30-13-16(11-25-30)12-28-9-7-24(34,8-10-28)20-5-3-17-18(26-20)14-29(23(17)33)19-4-6-21(31)27-22(19)32/h3,5,11,13,15,19,34H,4,6-10,12,14H2,1-2H3,(H,27,31,32). The maximum Gasteiger partial charge on any atom is 0.256 e. The summed E-state index contributed by atoms with van der Waals surface area (Å²) in [6, 6.07) is 3.09. The first-order valence-electron chi connectivity index (χ1n) is 11.9. The van der Waals surface area contributed by atoms with Crippen molar-refractivity contribution in [1.29, 1.82) is 0 Å². The van der Waals surface area contributed by atoms with Crippen LogP contribution in [0.15, 0.2) is 24.5 Å². The lowest BCUT2D eigenvalue weighted by Crippen LogP contribution is -2.52. The van der Waals surface area contributed by atoms with Crippen LogP contribution in [0.1, 0.15) is 72.9 Å². The molecule has 34 heavy (non-hydrogen) atoms. The van der Waals surface area contributed by atoms with Crippen molar-refractivity contribution in [3.05, 3.63) is 47.0 Å². The minimum Gasteiger partial charge on any atom is -0.383 e. The van der Waals surface area contributed by atoms with Crippen LogP contribution in [0.5, 0.6) is 0 Å². The van der Waals surface area contributed by atoms with Crippen molar-refractivity contribution in [2.45, 2.75) is 70.3 Å². The molecule has 0 aromatic carbocycles. The Morgan fingerprint density at radius 3 is 2.65 bits per heavy atom. The summed E-state index contributed by atoms with van der Waals surface area (Å²) < 4.78 is 1.95. The first kappa shape index (κ1) is 22.7. The van der Waals surface area contributed by atoms with Crippen LogP contribution >= 0.6 is 0 Å². The molecule has 2 N–H and O–H groups in total. The van der Waals surface area contributed by atoms with E-state index in [1.165, 1.54) is 4.90 Å². The number of rotatable bonds is 5. The van der Waals surface area contributed by atoms with Crippen molar-refractivity contribution >= 4 is 17.7 Å². The number of likely N-dealkylation sites (tertiary alicyclic amines) is 1. The number of aliphatic hydroxyl groups is 1. The number of hydrogen-bond donors (Lipinski definition) is 2. The van der Waals surface area contributed by atoms with Gasteiger partial charge in [-0.2, -0.15) is 5.10 Å². The van der Waals surface area contributed by atoms with Gasteiger partial charge >= 0.3 is 0 Å². The third kappa shape index (κ3) is 4.12. The fourth-order valence-electron chi connectivity index (χ4n) is 5.03. The summed E-state index contributed by atoms with van der Waals surface area (Å²) in [7, 11) is 0. The molecule has 180 valence electrons. The number of piperidine rings is 2. The number of imide groups is 1. The summed E-state index contributed by atoms with van der Waals surface area (Å²) in [5, 5.41) is 18.1. The molecule has 2 saturated heterocycles. The molecular weight excluding hydrogens is 436 g/mol. The lowest BCUT2D eigenvalue weighted by Gasteiger charge is -2.37. The number of nitrogens with one attached hydrogen (secondary N) is 1. The number of hydrogen-bond acceptors (Lipinski definition) is 7. The number of nitrogens with zero attached hydrogens (tertiary/aromatic N) is 5. The molecule has 0 radical (unpaired) electrons. The van der Waals surface area contributed by atoms with Crippen LogP contribution in [-0.4, -0.2) is 66.5 Å². The van der Waals surface area contributed by atoms with Crippen LogP contribution in [0.4, 0.5) is 0 Å². The molecule has 5 heterocycles. The quantitative estimate of drug-likeness (QED) is 0.633. The maximum atomic E-state index is 12.9. The molecular formula is C24H30N6O4. The first-order valence-corrected chi connectivity index (χ1v) is 11.9. The molecule has 2 aromatic rings. The zero-order chi connectivity index (χ0) is 24.0. The van der Waals surface area contributed by atoms with Crippen molar-refractivity contribution in [2.24, 2.45) is 0 Å². The van der Waals surface area contributed by atoms with E-state index in [0.29, 0.717) is 42.3 Å². The molecule has 1 unspecified atom stereocenters. The van der Waals surface area contributed by atoms with Gasteiger partial charge in [0.2, 0.25) is 11.8 Å². The summed E-state index contributed by atoms with van der Waals surface area (Å²) in [6.45, 7) is 6.64. The van der Waals surface area contributed by atoms with Gasteiger partial charge < -0.3 is 10.0 Å². The summed E-state index contributed by atoms with van der Waals surface area (Å²) >= 11 is 0. The molecule has 5 rings (SSSR count). The number of aromatic nitrogens is 3. The topological polar surface area (TPSA) is 121 Å². The van der Waals surface area contributed by atoms with Crippen molar-refractivity contribution in [3.63, 3.8) is 0 Å². The molecule has 2 aromatic heterocycles. The average Bonchev–Trinajstić information content (AvgIpc) is 3.40. The van der Waals surface area contributed by atoms with Gasteiger partial charge in [-0.05, 0) is 45.2 Å². The summed E-state index contributed by atoms with van der Waals surface area (Å²) in [5.74, 6) is -1.01. The fourth-order valence-corrected chi connectivity index (χ4v) is 5.03. The van der Waals surface area contributed by atoms with Crippen LogP contribution in [0, 0.1) is 0 Å². The van der Waals surface area contributed by atoms with E-state index in [0.717, 1.165) is 25.2 Å². The smallest absolute Gasteiger partial charge is 0.256 e. The molecule has 0 bridgehead atoms. The normalized spacial score (nSPS) is 22.9. The lowest BCUT2D eigenvalue weighted by molar-refractivity contribution is -0.136. The van der Waals surface area contributed by atoms with Crippen molar-refractivity contribution in [1.82, 2.24) is 29.9 Å². The Bertz CT molecular complexity index is 1130. The predicted molar refractivity (Wildman–Crippen MR) is 121 cm³/mol. The van der Waals surface area contributed by atoms with Crippen molar-refractivity contribution in [2.75, 3.05) is 13.1 Å². The molecule has 1 atom stereocenters. The minimum atomic E-state index is -1.06. The molecule has 3 aliphatic heterocycles. The summed E-state index contributed by atoms with van der Waals surface area (Å²) in [4.78, 5) is 45.1. The highest BCUT2D eigenvalue weighted by molar-refractivity contribution is 6.05. The molecule has 0 spiro atoms. The second kappa shape index (κ2) is 8.59. The highest BCUT2D eigenvalue weighted by Gasteiger charge is 2.41. The Labute approximate surface area is 197 Å². The van der Waals surface area contributed by atoms with Gasteiger partial charge in [0.1, 0.15) is 11.6 Å². The molecule has 2 fully saturated rings. The Morgan fingerprint density at radius 2 is 1.97 bits per heavy atom. The number of fused-ring (bicyclic) bond motifs is 1. The number of carbonyl (C=O) groups excluding carboxylic acids is 3. The van der Waals surface area contributed by atoms with Gasteiger partial charge in [0.25, 0.3) is 5.91 Å². The largest absolute Gasteiger partial charge is 0.383 e.